The Hall–Kier alpha value is -6.11. The molecule has 2 saturated heterocycles. The minimum Gasteiger partial charge on any atom is -0.490 e. The predicted octanol–water partition coefficient (Wildman–Crippen LogP) is 5.93. The summed E-state index contributed by atoms with van der Waals surface area (Å²) in [5.74, 6) is -6.41. The number of halogens is 9. The molecule has 2 amide bonds. The number of nitrogens with zero attached hydrogens (tertiary/aromatic N) is 1. The zero-order valence-electron chi connectivity index (χ0n) is 34.4. The molecule has 0 saturated carbocycles. The van der Waals surface area contributed by atoms with Crippen molar-refractivity contribution in [2.45, 2.75) is 77.6 Å². The van der Waals surface area contributed by atoms with E-state index in [-0.39, 0.29) is 17.5 Å². The van der Waals surface area contributed by atoms with Crippen molar-refractivity contribution < 1.29 is 88.3 Å². The van der Waals surface area contributed by atoms with Crippen molar-refractivity contribution in [3.05, 3.63) is 53.2 Å². The number of fused-ring (bicyclic) bond motifs is 1. The van der Waals surface area contributed by atoms with Crippen molar-refractivity contribution in [1.29, 1.82) is 0 Å². The molecule has 2 fully saturated rings. The lowest BCUT2D eigenvalue weighted by atomic mass is 9.83. The Morgan fingerprint density at radius 3 is 1.80 bits per heavy atom. The van der Waals surface area contributed by atoms with Gasteiger partial charge in [0, 0.05) is 29.9 Å². The number of aromatic nitrogens is 1. The summed E-state index contributed by atoms with van der Waals surface area (Å²) < 4.78 is 107. The van der Waals surface area contributed by atoms with Gasteiger partial charge in [0.15, 0.2) is 11.5 Å². The molecule has 5 rings (SSSR count). The highest BCUT2D eigenvalue weighted by Gasteiger charge is 2.40. The predicted molar refractivity (Wildman–Crippen MR) is 210 cm³/mol. The number of carbonyl (C=O) groups is 5. The van der Waals surface area contributed by atoms with Crippen LogP contribution in [0.2, 0.25) is 0 Å². The topological polar surface area (TPSA) is 252 Å². The maximum Gasteiger partial charge on any atom is 0.490 e. The largest absolute Gasteiger partial charge is 0.490 e. The average molecular weight is 931 g/mol. The van der Waals surface area contributed by atoms with Gasteiger partial charge in [-0.05, 0) is 94.3 Å². The van der Waals surface area contributed by atoms with E-state index in [4.69, 9.17) is 44.9 Å². The highest BCUT2D eigenvalue weighted by atomic mass is 19.4. The Kier molecular flexibility index (Phi) is 20.3. The molecule has 9 N–H and O–H groups in total. The summed E-state index contributed by atoms with van der Waals surface area (Å²) in [5.41, 5.74) is 10.2. The second-order valence-electron chi connectivity index (χ2n) is 13.7. The molecule has 356 valence electrons. The molecule has 16 nitrogen and oxygen atoms in total. The molecule has 2 aliphatic rings. The number of benzene rings is 2. The number of hydrogen-bond acceptors (Lipinski definition) is 11. The molecular weight excluding hydrogens is 883 g/mol. The molecule has 0 bridgehead atoms. The fourth-order valence-electron chi connectivity index (χ4n) is 6.47. The second-order valence-corrected chi connectivity index (χ2v) is 13.7. The smallest absolute Gasteiger partial charge is 0.490 e. The number of ether oxygens (including phenoxy) is 2. The molecule has 25 heteroatoms. The second kappa shape index (κ2) is 24.1. The van der Waals surface area contributed by atoms with Crippen molar-refractivity contribution in [1.82, 2.24) is 20.9 Å². The fourth-order valence-corrected chi connectivity index (χ4v) is 6.47. The van der Waals surface area contributed by atoms with Crippen molar-refractivity contribution in [2.75, 3.05) is 38.2 Å². The Morgan fingerprint density at radius 1 is 0.812 bits per heavy atom. The molecule has 2 aromatic carbocycles. The van der Waals surface area contributed by atoms with Gasteiger partial charge >= 0.3 is 36.4 Å². The third-order valence-corrected chi connectivity index (χ3v) is 9.40. The van der Waals surface area contributed by atoms with Crippen molar-refractivity contribution in [3.8, 4) is 11.5 Å². The Morgan fingerprint density at radius 2 is 1.33 bits per heavy atom. The number of primary amides is 1. The fraction of sp³-hybridized carbons (Fsp3) is 0.487. The molecule has 3 heterocycles. The number of carboxylic acids is 3. The van der Waals surface area contributed by atoms with Crippen molar-refractivity contribution in [3.63, 3.8) is 0 Å². The first-order valence-corrected chi connectivity index (χ1v) is 19.3. The monoisotopic (exact) mass is 930 g/mol. The molecule has 2 atom stereocenters. The van der Waals surface area contributed by atoms with E-state index in [1.54, 1.807) is 0 Å². The lowest BCUT2D eigenvalue weighted by molar-refractivity contribution is -0.193. The van der Waals surface area contributed by atoms with Crippen LogP contribution in [-0.2, 0) is 32.1 Å². The number of aliphatic carboxylic acids is 3. The van der Waals surface area contributed by atoms with Gasteiger partial charge < -0.3 is 51.8 Å². The molecule has 0 spiro atoms. The SMILES string of the molecule is CCOc1cc2ncc(C(N)=O)c(Nc3cccc(CNC(=O)[C@@H]4CC(C5CCNCC5)CN4)c3CC)c2cc1OCC.O=C(O)C(F)(F)F.O=C(O)C(F)(F)F.O=C(O)C(F)(F)F. The van der Waals surface area contributed by atoms with Gasteiger partial charge in [-0.2, -0.15) is 39.5 Å². The minimum atomic E-state index is -5.08. The van der Waals surface area contributed by atoms with Crippen LogP contribution in [-0.4, -0.2) is 107 Å². The van der Waals surface area contributed by atoms with E-state index in [2.05, 4.69) is 33.2 Å². The standard InChI is InChI=1S/C33H44N6O4.3C2HF3O2/c1-4-23-21(17-38-33(41)28-14-22(18-36-28)20-10-12-35-13-11-20)8-7-9-26(23)39-31-24-15-29(42-5-2)30(43-6-3)16-27(24)37-19-25(31)32(34)40;3*3-2(4,5)1(6)7/h7-9,15-16,19-20,22,28,35-36H,4-6,10-14,17-18H2,1-3H3,(H2,34,40)(H,37,39)(H,38,41);3*(H,6,7)/t22?,28-;;;/m0.../s1. The van der Waals surface area contributed by atoms with Crippen LogP contribution in [0.3, 0.4) is 0 Å². The third-order valence-electron chi connectivity index (χ3n) is 9.40. The zero-order chi connectivity index (χ0) is 48.6. The lowest BCUT2D eigenvalue weighted by Crippen LogP contribution is -2.40. The van der Waals surface area contributed by atoms with Gasteiger partial charge in [0.05, 0.1) is 36.0 Å². The normalized spacial score (nSPS) is 16.4. The Labute approximate surface area is 359 Å². The summed E-state index contributed by atoms with van der Waals surface area (Å²) >= 11 is 0. The maximum absolute atomic E-state index is 13.2. The zero-order valence-corrected chi connectivity index (χ0v) is 34.4. The van der Waals surface area contributed by atoms with Gasteiger partial charge in [-0.1, -0.05) is 19.1 Å². The molecule has 0 radical (unpaired) electrons. The van der Waals surface area contributed by atoms with E-state index in [1.807, 2.05) is 44.2 Å². The Bertz CT molecular complexity index is 2020. The third kappa shape index (κ3) is 16.5. The van der Waals surface area contributed by atoms with Gasteiger partial charge in [0.25, 0.3) is 5.91 Å². The van der Waals surface area contributed by atoms with Gasteiger partial charge in [-0.25, -0.2) is 14.4 Å². The summed E-state index contributed by atoms with van der Waals surface area (Å²) in [6, 6.07) is 9.46. The van der Waals surface area contributed by atoms with Crippen LogP contribution in [0.25, 0.3) is 10.9 Å². The molecule has 3 aromatic rings. The summed E-state index contributed by atoms with van der Waals surface area (Å²) in [6.07, 6.45) is -9.78. The van der Waals surface area contributed by atoms with E-state index in [0.29, 0.717) is 59.7 Å². The highest BCUT2D eigenvalue weighted by molar-refractivity contribution is 6.08. The number of rotatable bonds is 12. The van der Waals surface area contributed by atoms with E-state index in [1.165, 1.54) is 19.0 Å². The van der Waals surface area contributed by atoms with Crippen molar-refractivity contribution >= 4 is 52.0 Å². The summed E-state index contributed by atoms with van der Waals surface area (Å²) in [6.45, 7) is 10.3. The quantitative estimate of drug-likeness (QED) is 0.0981. The summed E-state index contributed by atoms with van der Waals surface area (Å²) in [4.78, 5) is 56.9. The van der Waals surface area contributed by atoms with Crippen LogP contribution >= 0.6 is 0 Å². The highest BCUT2D eigenvalue weighted by Crippen LogP contribution is 2.38. The number of pyridine rings is 1. The van der Waals surface area contributed by atoms with Gasteiger partial charge in [0.2, 0.25) is 5.91 Å². The first kappa shape index (κ1) is 54.0. The number of amides is 2. The van der Waals surface area contributed by atoms with E-state index in [9.17, 15) is 49.1 Å². The number of alkyl halides is 9. The number of carboxylic acid groups (broad SMARTS) is 3. The Balaban J connectivity index is 0.000000553. The number of piperidine rings is 1. The van der Waals surface area contributed by atoms with Crippen LogP contribution < -0.4 is 36.5 Å². The molecule has 64 heavy (non-hydrogen) atoms. The van der Waals surface area contributed by atoms with Gasteiger partial charge in [0.1, 0.15) is 0 Å². The molecule has 1 aromatic heterocycles. The van der Waals surface area contributed by atoms with Gasteiger partial charge in [-0.15, -0.1) is 0 Å². The first-order valence-electron chi connectivity index (χ1n) is 19.3. The lowest BCUT2D eigenvalue weighted by Gasteiger charge is -2.27. The number of carbonyl (C=O) groups excluding carboxylic acids is 2. The van der Waals surface area contributed by atoms with E-state index in [0.717, 1.165) is 49.3 Å². The number of nitrogens with two attached hydrogens (primary N) is 1. The number of hydrogen-bond donors (Lipinski definition) is 8. The van der Waals surface area contributed by atoms with E-state index < -0.39 is 42.3 Å². The molecule has 0 aliphatic carbocycles. The van der Waals surface area contributed by atoms with Crippen LogP contribution in [0.4, 0.5) is 50.9 Å². The minimum absolute atomic E-state index is 0.0431. The first-order chi connectivity index (χ1) is 29.8. The van der Waals surface area contributed by atoms with Gasteiger partial charge in [-0.3, -0.25) is 14.6 Å². The average Bonchev–Trinajstić information content (AvgIpc) is 3.71. The number of anilines is 2. The summed E-state index contributed by atoms with van der Waals surface area (Å²) in [7, 11) is 0. The molecule has 1 unspecified atom stereocenters. The van der Waals surface area contributed by atoms with Crippen LogP contribution in [0.15, 0.2) is 36.5 Å². The van der Waals surface area contributed by atoms with E-state index >= 15 is 0 Å². The van der Waals surface area contributed by atoms with Crippen LogP contribution in [0, 0.1) is 11.8 Å². The number of nitrogens with one attached hydrogen (secondary N) is 4. The molecular formula is C39H47F9N6O10. The van der Waals surface area contributed by atoms with Crippen LogP contribution in [0.5, 0.6) is 11.5 Å². The van der Waals surface area contributed by atoms with Crippen LogP contribution in [0.1, 0.15) is 61.5 Å². The summed E-state index contributed by atoms with van der Waals surface area (Å²) in [5, 5.41) is 35.6. The van der Waals surface area contributed by atoms with Crippen molar-refractivity contribution in [2.24, 2.45) is 17.6 Å². The maximum atomic E-state index is 13.2. The molecule has 2 aliphatic heterocycles.